The predicted molar refractivity (Wildman–Crippen MR) is 90.7 cm³/mol. The van der Waals surface area contributed by atoms with Gasteiger partial charge in [-0.3, -0.25) is 9.69 Å². The van der Waals surface area contributed by atoms with Gasteiger partial charge in [0, 0.05) is 42.3 Å². The SMILES string of the molecule is Cc1cccc2c(CN3CCc4c(nc(C(F)(F)F)[nH]c4=O)C3)c[nH]c12. The van der Waals surface area contributed by atoms with Crippen LogP contribution in [0.4, 0.5) is 13.2 Å². The topological polar surface area (TPSA) is 64.8 Å². The molecular formula is C18H17F3N4O. The predicted octanol–water partition coefficient (Wildman–Crippen LogP) is 3.14. The van der Waals surface area contributed by atoms with Crippen LogP contribution in [0.2, 0.25) is 0 Å². The highest BCUT2D eigenvalue weighted by Gasteiger charge is 2.36. The van der Waals surface area contributed by atoms with E-state index in [1.807, 2.05) is 41.2 Å². The Kier molecular flexibility index (Phi) is 3.87. The Bertz CT molecular complexity index is 1040. The lowest BCUT2D eigenvalue weighted by atomic mass is 10.0. The molecule has 26 heavy (non-hydrogen) atoms. The molecule has 2 N–H and O–H groups in total. The van der Waals surface area contributed by atoms with Gasteiger partial charge in [0.2, 0.25) is 5.82 Å². The fourth-order valence-corrected chi connectivity index (χ4v) is 3.50. The zero-order valence-electron chi connectivity index (χ0n) is 14.1. The van der Waals surface area contributed by atoms with E-state index in [9.17, 15) is 18.0 Å². The average molecular weight is 362 g/mol. The molecule has 3 heterocycles. The normalized spacial score (nSPS) is 15.4. The maximum absolute atomic E-state index is 12.9. The number of aromatic amines is 2. The van der Waals surface area contributed by atoms with Crippen LogP contribution in [0.3, 0.4) is 0 Å². The second kappa shape index (κ2) is 5.98. The van der Waals surface area contributed by atoms with Crippen molar-refractivity contribution < 1.29 is 13.2 Å². The summed E-state index contributed by atoms with van der Waals surface area (Å²) in [4.78, 5) is 22.7. The van der Waals surface area contributed by atoms with Gasteiger partial charge >= 0.3 is 6.18 Å². The lowest BCUT2D eigenvalue weighted by Gasteiger charge is -2.27. The van der Waals surface area contributed by atoms with Gasteiger partial charge in [-0.2, -0.15) is 13.2 Å². The number of para-hydroxylation sites is 1. The number of nitrogens with one attached hydrogen (secondary N) is 2. The number of fused-ring (bicyclic) bond motifs is 2. The first-order chi connectivity index (χ1) is 12.3. The minimum Gasteiger partial charge on any atom is -0.361 e. The first-order valence-electron chi connectivity index (χ1n) is 8.30. The van der Waals surface area contributed by atoms with Gasteiger partial charge in [-0.1, -0.05) is 18.2 Å². The molecule has 2 aromatic heterocycles. The number of hydrogen-bond donors (Lipinski definition) is 2. The Morgan fingerprint density at radius 3 is 2.88 bits per heavy atom. The van der Waals surface area contributed by atoms with Crippen molar-refractivity contribution in [3.05, 3.63) is 63.0 Å². The molecule has 1 aliphatic rings. The third-order valence-corrected chi connectivity index (χ3v) is 4.82. The van der Waals surface area contributed by atoms with E-state index in [2.05, 4.69) is 9.97 Å². The Morgan fingerprint density at radius 2 is 2.12 bits per heavy atom. The van der Waals surface area contributed by atoms with E-state index in [0.717, 1.165) is 22.0 Å². The number of nitrogens with zero attached hydrogens (tertiary/aromatic N) is 2. The Hall–Kier alpha value is -2.61. The van der Waals surface area contributed by atoms with Crippen LogP contribution in [-0.2, 0) is 25.7 Å². The maximum Gasteiger partial charge on any atom is 0.449 e. The lowest BCUT2D eigenvalue weighted by molar-refractivity contribution is -0.145. The van der Waals surface area contributed by atoms with E-state index in [0.29, 0.717) is 25.1 Å². The van der Waals surface area contributed by atoms with Crippen molar-refractivity contribution in [2.75, 3.05) is 6.54 Å². The van der Waals surface area contributed by atoms with Gasteiger partial charge in [0.15, 0.2) is 0 Å². The van der Waals surface area contributed by atoms with Crippen LogP contribution in [0.25, 0.3) is 10.9 Å². The molecule has 0 unspecified atom stereocenters. The lowest BCUT2D eigenvalue weighted by Crippen LogP contribution is -2.36. The van der Waals surface area contributed by atoms with Crippen LogP contribution in [0.5, 0.6) is 0 Å². The molecule has 0 spiro atoms. The third kappa shape index (κ3) is 2.90. The summed E-state index contributed by atoms with van der Waals surface area (Å²) in [6.07, 6.45) is -2.35. The highest BCUT2D eigenvalue weighted by atomic mass is 19.4. The molecule has 0 saturated heterocycles. The second-order valence-electron chi connectivity index (χ2n) is 6.61. The van der Waals surface area contributed by atoms with E-state index in [1.165, 1.54) is 0 Å². The third-order valence-electron chi connectivity index (χ3n) is 4.82. The summed E-state index contributed by atoms with van der Waals surface area (Å²) >= 11 is 0. The molecule has 0 radical (unpaired) electrons. The molecule has 136 valence electrons. The number of H-pyrrole nitrogens is 2. The molecule has 8 heteroatoms. The van der Waals surface area contributed by atoms with Crippen molar-refractivity contribution >= 4 is 10.9 Å². The fraction of sp³-hybridized carbons (Fsp3) is 0.333. The van der Waals surface area contributed by atoms with Gasteiger partial charge < -0.3 is 9.97 Å². The van der Waals surface area contributed by atoms with Gasteiger partial charge in [0.1, 0.15) is 0 Å². The molecule has 0 bridgehead atoms. The van der Waals surface area contributed by atoms with E-state index in [4.69, 9.17) is 0 Å². The molecule has 0 saturated carbocycles. The van der Waals surface area contributed by atoms with Gasteiger partial charge in [-0.05, 0) is 24.5 Å². The number of alkyl halides is 3. The minimum atomic E-state index is -4.66. The summed E-state index contributed by atoms with van der Waals surface area (Å²) in [6.45, 7) is 3.43. The van der Waals surface area contributed by atoms with Gasteiger partial charge in [-0.15, -0.1) is 0 Å². The first-order valence-corrected chi connectivity index (χ1v) is 8.30. The van der Waals surface area contributed by atoms with Crippen molar-refractivity contribution in [3.63, 3.8) is 0 Å². The van der Waals surface area contributed by atoms with Crippen molar-refractivity contribution in [2.45, 2.75) is 32.6 Å². The summed E-state index contributed by atoms with van der Waals surface area (Å²) in [7, 11) is 0. The van der Waals surface area contributed by atoms with Crippen molar-refractivity contribution in [1.29, 1.82) is 0 Å². The standard InChI is InChI=1S/C18H17F3N4O/c1-10-3-2-4-12-11(7-22-15(10)12)8-25-6-5-13-14(9-25)23-17(18(19,20)21)24-16(13)26/h2-4,7,22H,5-6,8-9H2,1H3,(H,23,24,26). The zero-order chi connectivity index (χ0) is 18.5. The summed E-state index contributed by atoms with van der Waals surface area (Å²) in [6, 6.07) is 6.03. The number of benzene rings is 1. The molecule has 4 rings (SSSR count). The number of hydrogen-bond acceptors (Lipinski definition) is 3. The highest BCUT2D eigenvalue weighted by Crippen LogP contribution is 2.28. The van der Waals surface area contributed by atoms with Crippen LogP contribution in [0, 0.1) is 6.92 Å². The van der Waals surface area contributed by atoms with Crippen molar-refractivity contribution in [2.24, 2.45) is 0 Å². The Labute approximate surface area is 146 Å². The molecule has 5 nitrogen and oxygen atoms in total. The molecule has 0 aliphatic carbocycles. The van der Waals surface area contributed by atoms with Crippen LogP contribution < -0.4 is 5.56 Å². The van der Waals surface area contributed by atoms with E-state index in [1.54, 1.807) is 0 Å². The first kappa shape index (κ1) is 16.8. The zero-order valence-corrected chi connectivity index (χ0v) is 14.1. The maximum atomic E-state index is 12.9. The molecule has 0 amide bonds. The quantitative estimate of drug-likeness (QED) is 0.736. The Balaban J connectivity index is 1.63. The highest BCUT2D eigenvalue weighted by molar-refractivity contribution is 5.85. The summed E-state index contributed by atoms with van der Waals surface area (Å²) in [5, 5.41) is 1.10. The summed E-state index contributed by atoms with van der Waals surface area (Å²) < 4.78 is 38.7. The van der Waals surface area contributed by atoms with E-state index in [-0.39, 0.29) is 12.2 Å². The largest absolute Gasteiger partial charge is 0.449 e. The molecule has 0 atom stereocenters. The van der Waals surface area contributed by atoms with Gasteiger partial charge in [0.05, 0.1) is 5.69 Å². The van der Waals surface area contributed by atoms with Gasteiger partial charge in [0.25, 0.3) is 5.56 Å². The summed E-state index contributed by atoms with van der Waals surface area (Å²) in [5.74, 6) is -1.23. The van der Waals surface area contributed by atoms with E-state index < -0.39 is 17.6 Å². The molecule has 0 fully saturated rings. The van der Waals surface area contributed by atoms with Gasteiger partial charge in [-0.25, -0.2) is 4.98 Å². The number of rotatable bonds is 2. The number of aryl methyl sites for hydroxylation is 1. The van der Waals surface area contributed by atoms with Crippen LogP contribution >= 0.6 is 0 Å². The van der Waals surface area contributed by atoms with Crippen LogP contribution in [0.1, 0.15) is 28.2 Å². The fourth-order valence-electron chi connectivity index (χ4n) is 3.50. The number of aromatic nitrogens is 3. The number of halogens is 3. The molecule has 1 aromatic carbocycles. The Morgan fingerprint density at radius 1 is 1.31 bits per heavy atom. The van der Waals surface area contributed by atoms with E-state index >= 15 is 0 Å². The monoisotopic (exact) mass is 362 g/mol. The van der Waals surface area contributed by atoms with Crippen LogP contribution in [0.15, 0.2) is 29.2 Å². The van der Waals surface area contributed by atoms with Crippen LogP contribution in [-0.4, -0.2) is 26.4 Å². The molecule has 3 aromatic rings. The molecule has 1 aliphatic heterocycles. The smallest absolute Gasteiger partial charge is 0.361 e. The van der Waals surface area contributed by atoms with Crippen molar-refractivity contribution in [1.82, 2.24) is 19.9 Å². The summed E-state index contributed by atoms with van der Waals surface area (Å²) in [5.41, 5.74) is 3.15. The minimum absolute atomic E-state index is 0.211. The van der Waals surface area contributed by atoms with Crippen molar-refractivity contribution in [3.8, 4) is 0 Å². The molecular weight excluding hydrogens is 345 g/mol. The second-order valence-corrected chi connectivity index (χ2v) is 6.61. The average Bonchev–Trinajstić information content (AvgIpc) is 2.98.